The van der Waals surface area contributed by atoms with E-state index in [1.165, 1.54) is 25.7 Å². The number of pyridine rings is 1. The van der Waals surface area contributed by atoms with E-state index >= 15 is 0 Å². The largest absolute Gasteiger partial charge is 0.370 e. The highest BCUT2D eigenvalue weighted by Gasteiger charge is 2.19. The molecule has 1 aromatic heterocycles. The van der Waals surface area contributed by atoms with Gasteiger partial charge in [-0.1, -0.05) is 18.9 Å². The standard InChI is InChI=1S/C16H26N4O/c1-3-17-15-10-6-9-14(19-15)16(21)18-11-12-20(2)13-7-4-5-8-13/h6,9-10,13H,3-5,7-8,11-12H2,1-2H3,(H,17,19)(H,18,21). The second-order valence-electron chi connectivity index (χ2n) is 5.61. The molecule has 0 aliphatic heterocycles. The van der Waals surface area contributed by atoms with Crippen LogP contribution in [0.3, 0.4) is 0 Å². The lowest BCUT2D eigenvalue weighted by Crippen LogP contribution is -2.37. The fourth-order valence-corrected chi connectivity index (χ4v) is 2.80. The second-order valence-corrected chi connectivity index (χ2v) is 5.61. The van der Waals surface area contributed by atoms with E-state index in [0.717, 1.165) is 18.9 Å². The van der Waals surface area contributed by atoms with Gasteiger partial charge in [-0.3, -0.25) is 4.79 Å². The number of amides is 1. The van der Waals surface area contributed by atoms with Crippen LogP contribution in [0.1, 0.15) is 43.1 Å². The van der Waals surface area contributed by atoms with Crippen LogP contribution in [0.2, 0.25) is 0 Å². The predicted molar refractivity (Wildman–Crippen MR) is 85.6 cm³/mol. The SMILES string of the molecule is CCNc1cccc(C(=O)NCCN(C)C2CCCC2)n1. The van der Waals surface area contributed by atoms with E-state index in [4.69, 9.17) is 0 Å². The third-order valence-electron chi connectivity index (χ3n) is 4.04. The minimum absolute atomic E-state index is 0.102. The Morgan fingerprint density at radius 3 is 2.86 bits per heavy atom. The second kappa shape index (κ2) is 7.98. The number of aromatic nitrogens is 1. The predicted octanol–water partition coefficient (Wildman–Crippen LogP) is 2.12. The Labute approximate surface area is 127 Å². The summed E-state index contributed by atoms with van der Waals surface area (Å²) in [6, 6.07) is 6.16. The fourth-order valence-electron chi connectivity index (χ4n) is 2.80. The van der Waals surface area contributed by atoms with Crippen LogP contribution in [0.5, 0.6) is 0 Å². The number of rotatable bonds is 7. The van der Waals surface area contributed by atoms with Crippen molar-refractivity contribution in [3.63, 3.8) is 0 Å². The highest BCUT2D eigenvalue weighted by molar-refractivity contribution is 5.92. The van der Waals surface area contributed by atoms with Gasteiger partial charge < -0.3 is 15.5 Å². The maximum Gasteiger partial charge on any atom is 0.270 e. The Morgan fingerprint density at radius 1 is 1.38 bits per heavy atom. The lowest BCUT2D eigenvalue weighted by Gasteiger charge is -2.23. The minimum Gasteiger partial charge on any atom is -0.370 e. The summed E-state index contributed by atoms with van der Waals surface area (Å²) in [7, 11) is 2.15. The molecule has 1 heterocycles. The smallest absolute Gasteiger partial charge is 0.270 e. The first-order chi connectivity index (χ1) is 10.2. The minimum atomic E-state index is -0.102. The topological polar surface area (TPSA) is 57.3 Å². The van der Waals surface area contributed by atoms with Gasteiger partial charge in [-0.05, 0) is 38.9 Å². The number of nitrogens with zero attached hydrogens (tertiary/aromatic N) is 2. The van der Waals surface area contributed by atoms with Crippen molar-refractivity contribution in [1.82, 2.24) is 15.2 Å². The normalized spacial score (nSPS) is 15.4. The molecule has 0 bridgehead atoms. The van der Waals surface area contributed by atoms with Crippen LogP contribution in [-0.2, 0) is 0 Å². The number of likely N-dealkylation sites (N-methyl/N-ethyl adjacent to an activating group) is 1. The molecule has 1 fully saturated rings. The van der Waals surface area contributed by atoms with Gasteiger partial charge in [0.05, 0.1) is 0 Å². The fraction of sp³-hybridized carbons (Fsp3) is 0.625. The number of anilines is 1. The van der Waals surface area contributed by atoms with Gasteiger partial charge in [0, 0.05) is 25.7 Å². The third-order valence-corrected chi connectivity index (χ3v) is 4.04. The Morgan fingerprint density at radius 2 is 2.14 bits per heavy atom. The van der Waals surface area contributed by atoms with Crippen LogP contribution >= 0.6 is 0 Å². The summed E-state index contributed by atoms with van der Waals surface area (Å²) in [5, 5.41) is 6.07. The molecule has 5 nitrogen and oxygen atoms in total. The molecular weight excluding hydrogens is 264 g/mol. The van der Waals surface area contributed by atoms with E-state index in [9.17, 15) is 4.79 Å². The van der Waals surface area contributed by atoms with Crippen molar-refractivity contribution in [2.24, 2.45) is 0 Å². The van der Waals surface area contributed by atoms with Crippen LogP contribution in [0.15, 0.2) is 18.2 Å². The van der Waals surface area contributed by atoms with Gasteiger partial charge in [0.2, 0.25) is 0 Å². The highest BCUT2D eigenvalue weighted by Crippen LogP contribution is 2.21. The van der Waals surface area contributed by atoms with E-state index in [1.54, 1.807) is 6.07 Å². The molecule has 0 radical (unpaired) electrons. The zero-order valence-electron chi connectivity index (χ0n) is 13.1. The first kappa shape index (κ1) is 15.8. The van der Waals surface area contributed by atoms with Crippen LogP contribution in [0, 0.1) is 0 Å². The lowest BCUT2D eigenvalue weighted by molar-refractivity contribution is 0.0942. The van der Waals surface area contributed by atoms with Crippen LogP contribution in [0.4, 0.5) is 5.82 Å². The van der Waals surface area contributed by atoms with E-state index in [-0.39, 0.29) is 5.91 Å². The van der Waals surface area contributed by atoms with Crippen molar-refractivity contribution in [2.45, 2.75) is 38.6 Å². The van der Waals surface area contributed by atoms with Gasteiger partial charge in [-0.25, -0.2) is 4.98 Å². The summed E-state index contributed by atoms with van der Waals surface area (Å²) in [6.45, 7) is 4.36. The molecule has 1 aliphatic carbocycles. The molecule has 116 valence electrons. The van der Waals surface area contributed by atoms with E-state index < -0.39 is 0 Å². The van der Waals surface area contributed by atoms with Gasteiger partial charge in [0.15, 0.2) is 0 Å². The van der Waals surface area contributed by atoms with Crippen molar-refractivity contribution in [1.29, 1.82) is 0 Å². The molecule has 2 rings (SSSR count). The van der Waals surface area contributed by atoms with Gasteiger partial charge >= 0.3 is 0 Å². The van der Waals surface area contributed by atoms with Crippen LogP contribution < -0.4 is 10.6 Å². The van der Waals surface area contributed by atoms with E-state index in [2.05, 4.69) is 27.6 Å². The summed E-state index contributed by atoms with van der Waals surface area (Å²) in [4.78, 5) is 18.7. The molecule has 0 saturated heterocycles. The maximum atomic E-state index is 12.1. The molecule has 1 saturated carbocycles. The van der Waals surface area contributed by atoms with Crippen molar-refractivity contribution >= 4 is 11.7 Å². The van der Waals surface area contributed by atoms with E-state index in [0.29, 0.717) is 18.3 Å². The van der Waals surface area contributed by atoms with Crippen molar-refractivity contribution in [3.8, 4) is 0 Å². The zero-order chi connectivity index (χ0) is 15.1. The quantitative estimate of drug-likeness (QED) is 0.807. The molecule has 2 N–H and O–H groups in total. The van der Waals surface area contributed by atoms with Gasteiger partial charge in [-0.2, -0.15) is 0 Å². The van der Waals surface area contributed by atoms with Gasteiger partial charge in [0.25, 0.3) is 5.91 Å². The highest BCUT2D eigenvalue weighted by atomic mass is 16.1. The molecule has 1 amide bonds. The number of hydrogen-bond acceptors (Lipinski definition) is 4. The zero-order valence-corrected chi connectivity index (χ0v) is 13.1. The van der Waals surface area contributed by atoms with Gasteiger partial charge in [0.1, 0.15) is 11.5 Å². The molecule has 0 spiro atoms. The molecular formula is C16H26N4O. The molecule has 1 aliphatic rings. The number of hydrogen-bond donors (Lipinski definition) is 2. The van der Waals surface area contributed by atoms with Crippen LogP contribution in [-0.4, -0.2) is 48.5 Å². The number of carbonyl (C=O) groups excluding carboxylic acids is 1. The first-order valence-electron chi connectivity index (χ1n) is 7.90. The van der Waals surface area contributed by atoms with Crippen molar-refractivity contribution < 1.29 is 4.79 Å². The molecule has 5 heteroatoms. The summed E-state index contributed by atoms with van der Waals surface area (Å²) in [5.41, 5.74) is 0.469. The molecule has 0 unspecified atom stereocenters. The lowest BCUT2D eigenvalue weighted by atomic mass is 10.2. The average Bonchev–Trinajstić information content (AvgIpc) is 3.02. The van der Waals surface area contributed by atoms with Crippen molar-refractivity contribution in [2.75, 3.05) is 32.0 Å². The Kier molecular flexibility index (Phi) is 5.99. The van der Waals surface area contributed by atoms with Gasteiger partial charge in [-0.15, -0.1) is 0 Å². The summed E-state index contributed by atoms with van der Waals surface area (Å²) in [5.74, 6) is 0.641. The molecule has 1 aromatic rings. The number of nitrogens with one attached hydrogen (secondary N) is 2. The monoisotopic (exact) mass is 290 g/mol. The molecule has 0 atom stereocenters. The Hall–Kier alpha value is -1.62. The van der Waals surface area contributed by atoms with Crippen molar-refractivity contribution in [3.05, 3.63) is 23.9 Å². The summed E-state index contributed by atoms with van der Waals surface area (Å²) in [6.07, 6.45) is 5.25. The number of carbonyl (C=O) groups is 1. The molecule has 0 aromatic carbocycles. The van der Waals surface area contributed by atoms with Crippen LogP contribution in [0.25, 0.3) is 0 Å². The van der Waals surface area contributed by atoms with E-state index in [1.807, 2.05) is 19.1 Å². The molecule has 21 heavy (non-hydrogen) atoms. The third kappa shape index (κ3) is 4.70. The average molecular weight is 290 g/mol. The first-order valence-corrected chi connectivity index (χ1v) is 7.90. The maximum absolute atomic E-state index is 12.1. The summed E-state index contributed by atoms with van der Waals surface area (Å²) < 4.78 is 0. The summed E-state index contributed by atoms with van der Waals surface area (Å²) >= 11 is 0. The Balaban J connectivity index is 1.77. The Bertz CT molecular complexity index is 457.